The van der Waals surface area contributed by atoms with Gasteiger partial charge in [0, 0.05) is 0 Å². The summed E-state index contributed by atoms with van der Waals surface area (Å²) in [6.07, 6.45) is 1.63. The van der Waals surface area contributed by atoms with Gasteiger partial charge in [-0.15, -0.1) is 0 Å². The average Bonchev–Trinajstić information content (AvgIpc) is 2.38. The number of rotatable bonds is 5. The van der Waals surface area contributed by atoms with E-state index in [0.29, 0.717) is 18.8 Å². The Labute approximate surface area is 100 Å². The van der Waals surface area contributed by atoms with E-state index in [0.717, 1.165) is 11.6 Å². The number of hydrogen-bond donors (Lipinski definition) is 2. The molecule has 0 aliphatic rings. The van der Waals surface area contributed by atoms with E-state index in [-0.39, 0.29) is 0 Å². The molecule has 2 aromatic rings. The minimum Gasteiger partial charge on any atom is -0.492 e. The maximum Gasteiger partial charge on any atom is 0.126 e. The van der Waals surface area contributed by atoms with Gasteiger partial charge in [-0.05, 0) is 24.3 Å². The van der Waals surface area contributed by atoms with E-state index in [1.54, 1.807) is 6.20 Å². The Bertz CT molecular complexity index is 442. The lowest BCUT2D eigenvalue weighted by Gasteiger charge is -2.07. The van der Waals surface area contributed by atoms with E-state index >= 15 is 0 Å². The molecule has 0 unspecified atom stereocenters. The smallest absolute Gasteiger partial charge is 0.126 e. The SMILES string of the molecule is Nc1ccc(NCCOc2ccccc2)nc1. The summed E-state index contributed by atoms with van der Waals surface area (Å²) in [4.78, 5) is 4.13. The fourth-order valence-electron chi connectivity index (χ4n) is 1.37. The number of benzene rings is 1. The quantitative estimate of drug-likeness (QED) is 0.771. The molecule has 1 aromatic heterocycles. The van der Waals surface area contributed by atoms with E-state index in [2.05, 4.69) is 10.3 Å². The highest BCUT2D eigenvalue weighted by Crippen LogP contribution is 2.08. The third kappa shape index (κ3) is 3.68. The van der Waals surface area contributed by atoms with E-state index in [4.69, 9.17) is 10.5 Å². The first-order valence-electron chi connectivity index (χ1n) is 5.48. The molecule has 0 fully saturated rings. The Balaban J connectivity index is 1.71. The molecule has 88 valence electrons. The summed E-state index contributed by atoms with van der Waals surface area (Å²) >= 11 is 0. The highest BCUT2D eigenvalue weighted by molar-refractivity contribution is 5.43. The van der Waals surface area contributed by atoms with E-state index in [1.165, 1.54) is 0 Å². The van der Waals surface area contributed by atoms with Crippen molar-refractivity contribution in [1.29, 1.82) is 0 Å². The molecular weight excluding hydrogens is 214 g/mol. The van der Waals surface area contributed by atoms with Gasteiger partial charge in [0.1, 0.15) is 18.2 Å². The number of pyridine rings is 1. The molecule has 0 saturated carbocycles. The Morgan fingerprint density at radius 2 is 1.94 bits per heavy atom. The minimum absolute atomic E-state index is 0.593. The first-order valence-corrected chi connectivity index (χ1v) is 5.48. The largest absolute Gasteiger partial charge is 0.492 e. The molecule has 0 amide bonds. The summed E-state index contributed by atoms with van der Waals surface area (Å²) in [7, 11) is 0. The molecule has 0 aliphatic carbocycles. The van der Waals surface area contributed by atoms with Crippen molar-refractivity contribution in [3.05, 3.63) is 48.7 Å². The van der Waals surface area contributed by atoms with Crippen LogP contribution in [-0.4, -0.2) is 18.1 Å². The second kappa shape index (κ2) is 5.75. The van der Waals surface area contributed by atoms with Crippen molar-refractivity contribution in [2.24, 2.45) is 0 Å². The monoisotopic (exact) mass is 229 g/mol. The lowest BCUT2D eigenvalue weighted by atomic mass is 10.3. The van der Waals surface area contributed by atoms with Crippen LogP contribution < -0.4 is 15.8 Å². The van der Waals surface area contributed by atoms with Crippen LogP contribution in [0.3, 0.4) is 0 Å². The minimum atomic E-state index is 0.593. The summed E-state index contributed by atoms with van der Waals surface area (Å²) < 4.78 is 5.54. The summed E-state index contributed by atoms with van der Waals surface area (Å²) in [5.41, 5.74) is 6.21. The molecular formula is C13H15N3O. The molecule has 0 radical (unpaired) electrons. The van der Waals surface area contributed by atoms with E-state index in [1.807, 2.05) is 42.5 Å². The van der Waals surface area contributed by atoms with E-state index in [9.17, 15) is 0 Å². The predicted molar refractivity (Wildman–Crippen MR) is 69.1 cm³/mol. The van der Waals surface area contributed by atoms with Crippen molar-refractivity contribution < 1.29 is 4.74 Å². The second-order valence-corrected chi connectivity index (χ2v) is 3.57. The van der Waals surface area contributed by atoms with Gasteiger partial charge in [0.15, 0.2) is 0 Å². The second-order valence-electron chi connectivity index (χ2n) is 3.57. The van der Waals surface area contributed by atoms with Gasteiger partial charge in [-0.1, -0.05) is 18.2 Å². The molecule has 17 heavy (non-hydrogen) atoms. The highest BCUT2D eigenvalue weighted by Gasteiger charge is 1.94. The zero-order valence-corrected chi connectivity index (χ0v) is 9.47. The molecule has 0 bridgehead atoms. The Morgan fingerprint density at radius 1 is 1.12 bits per heavy atom. The first-order chi connectivity index (χ1) is 8.34. The van der Waals surface area contributed by atoms with Gasteiger partial charge in [0.05, 0.1) is 18.4 Å². The van der Waals surface area contributed by atoms with Crippen LogP contribution in [0.4, 0.5) is 11.5 Å². The van der Waals surface area contributed by atoms with Crippen LogP contribution in [0, 0.1) is 0 Å². The van der Waals surface area contributed by atoms with Crippen LogP contribution in [0.15, 0.2) is 48.7 Å². The standard InChI is InChI=1S/C13H15N3O/c14-11-6-7-13(16-10-11)15-8-9-17-12-4-2-1-3-5-12/h1-7,10H,8-9,14H2,(H,15,16). The number of anilines is 2. The predicted octanol–water partition coefficient (Wildman–Crippen LogP) is 2.15. The molecule has 4 heteroatoms. The van der Waals surface area contributed by atoms with Crippen molar-refractivity contribution in [3.63, 3.8) is 0 Å². The molecule has 2 rings (SSSR count). The molecule has 0 spiro atoms. The average molecular weight is 229 g/mol. The molecule has 1 aromatic carbocycles. The van der Waals surface area contributed by atoms with Crippen molar-refractivity contribution >= 4 is 11.5 Å². The van der Waals surface area contributed by atoms with Crippen LogP contribution in [0.2, 0.25) is 0 Å². The van der Waals surface area contributed by atoms with Crippen molar-refractivity contribution in [1.82, 2.24) is 4.98 Å². The van der Waals surface area contributed by atoms with Gasteiger partial charge in [-0.3, -0.25) is 0 Å². The number of hydrogen-bond acceptors (Lipinski definition) is 4. The van der Waals surface area contributed by atoms with Gasteiger partial charge in [-0.2, -0.15) is 0 Å². The number of nitrogens with two attached hydrogens (primary N) is 1. The van der Waals surface area contributed by atoms with Gasteiger partial charge >= 0.3 is 0 Å². The summed E-state index contributed by atoms with van der Waals surface area (Å²) in [6.45, 7) is 1.29. The zero-order chi connectivity index (χ0) is 11.9. The maximum absolute atomic E-state index is 5.54. The zero-order valence-electron chi connectivity index (χ0n) is 9.47. The Kier molecular flexibility index (Phi) is 3.81. The Morgan fingerprint density at radius 3 is 2.65 bits per heavy atom. The third-order valence-corrected chi connectivity index (χ3v) is 2.21. The van der Waals surface area contributed by atoms with Crippen LogP contribution >= 0.6 is 0 Å². The maximum atomic E-state index is 5.54. The van der Waals surface area contributed by atoms with Gasteiger partial charge in [0.25, 0.3) is 0 Å². The number of para-hydroxylation sites is 1. The Hall–Kier alpha value is -2.23. The van der Waals surface area contributed by atoms with Crippen LogP contribution in [-0.2, 0) is 0 Å². The highest BCUT2D eigenvalue weighted by atomic mass is 16.5. The number of aromatic nitrogens is 1. The van der Waals surface area contributed by atoms with Crippen LogP contribution in [0.1, 0.15) is 0 Å². The summed E-state index contributed by atoms with van der Waals surface area (Å²) in [5.74, 6) is 1.68. The summed E-state index contributed by atoms with van der Waals surface area (Å²) in [5, 5.41) is 3.15. The fraction of sp³-hybridized carbons (Fsp3) is 0.154. The molecule has 0 saturated heterocycles. The fourth-order valence-corrected chi connectivity index (χ4v) is 1.37. The normalized spacial score (nSPS) is 9.88. The van der Waals surface area contributed by atoms with E-state index < -0.39 is 0 Å². The lowest BCUT2D eigenvalue weighted by molar-refractivity contribution is 0.333. The first kappa shape index (κ1) is 11.3. The third-order valence-electron chi connectivity index (χ3n) is 2.21. The number of nitrogens with zero attached hydrogens (tertiary/aromatic N) is 1. The topological polar surface area (TPSA) is 60.2 Å². The van der Waals surface area contributed by atoms with Crippen molar-refractivity contribution in [2.45, 2.75) is 0 Å². The molecule has 4 nitrogen and oxygen atoms in total. The lowest BCUT2D eigenvalue weighted by Crippen LogP contribution is -2.12. The molecule has 1 heterocycles. The number of nitrogens with one attached hydrogen (secondary N) is 1. The van der Waals surface area contributed by atoms with Crippen LogP contribution in [0.5, 0.6) is 5.75 Å². The van der Waals surface area contributed by atoms with Gasteiger partial charge < -0.3 is 15.8 Å². The van der Waals surface area contributed by atoms with Gasteiger partial charge in [-0.25, -0.2) is 4.98 Å². The van der Waals surface area contributed by atoms with Crippen molar-refractivity contribution in [2.75, 3.05) is 24.2 Å². The number of ether oxygens (including phenoxy) is 1. The van der Waals surface area contributed by atoms with Gasteiger partial charge in [0.2, 0.25) is 0 Å². The summed E-state index contributed by atoms with van der Waals surface area (Å²) in [6, 6.07) is 13.4. The van der Waals surface area contributed by atoms with Crippen LogP contribution in [0.25, 0.3) is 0 Å². The number of nitrogen functional groups attached to an aromatic ring is 1. The molecule has 0 atom stereocenters. The van der Waals surface area contributed by atoms with Crippen molar-refractivity contribution in [3.8, 4) is 5.75 Å². The molecule has 0 aliphatic heterocycles. The molecule has 3 N–H and O–H groups in total.